The highest BCUT2D eigenvalue weighted by Crippen LogP contribution is 2.84. The fraction of sp³-hybridized carbons (Fsp3) is 0.862. The highest BCUT2D eigenvalue weighted by Gasteiger charge is 2.84. The van der Waals surface area contributed by atoms with E-state index in [9.17, 15) is 20.1 Å². The van der Waals surface area contributed by atoms with Crippen LogP contribution in [0.2, 0.25) is 0 Å². The van der Waals surface area contributed by atoms with Gasteiger partial charge < -0.3 is 35.9 Å². The number of guanidine groups is 1. The van der Waals surface area contributed by atoms with Gasteiger partial charge in [-0.25, -0.2) is 4.99 Å². The van der Waals surface area contributed by atoms with Gasteiger partial charge in [0.25, 0.3) is 5.96 Å². The number of aliphatic hydroxyl groups excluding tert-OH is 1. The molecule has 3 bridgehead atoms. The first-order valence-electron chi connectivity index (χ1n) is 14.9. The average Bonchev–Trinajstić information content (AvgIpc) is 3.26. The fourth-order valence-corrected chi connectivity index (χ4v) is 11.7. The maximum atomic E-state index is 13.1. The van der Waals surface area contributed by atoms with Gasteiger partial charge in [-0.3, -0.25) is 4.90 Å². The van der Waals surface area contributed by atoms with E-state index >= 15 is 0 Å². The van der Waals surface area contributed by atoms with Crippen molar-refractivity contribution in [3.63, 3.8) is 0 Å². The second-order valence-electron chi connectivity index (χ2n) is 13.2. The van der Waals surface area contributed by atoms with Gasteiger partial charge in [-0.15, -0.1) is 0 Å². The van der Waals surface area contributed by atoms with Crippen LogP contribution in [0, 0.1) is 34.0 Å². The lowest BCUT2D eigenvalue weighted by molar-refractivity contribution is -0.832. The molecule has 6 rings (SSSR count). The molecule has 1 aliphatic heterocycles. The van der Waals surface area contributed by atoms with Gasteiger partial charge in [0.1, 0.15) is 5.60 Å². The number of nitrogens with one attached hydrogen (secondary N) is 2. The highest BCUT2D eigenvalue weighted by molar-refractivity contribution is 5.91. The van der Waals surface area contributed by atoms with Crippen LogP contribution in [0.5, 0.6) is 0 Å². The molecule has 1 saturated heterocycles. The van der Waals surface area contributed by atoms with E-state index in [1.165, 1.54) is 4.90 Å². The van der Waals surface area contributed by atoms with Crippen LogP contribution in [0.4, 0.5) is 0 Å². The number of aliphatic carboxylic acids is 1. The number of ether oxygens (including phenoxy) is 1. The monoisotopic (exact) mass is 530 g/mol. The number of piperidine rings is 1. The van der Waals surface area contributed by atoms with Gasteiger partial charge in [-0.05, 0) is 56.8 Å². The Morgan fingerprint density at radius 3 is 2.68 bits per heavy atom. The van der Waals surface area contributed by atoms with Crippen LogP contribution in [0.1, 0.15) is 64.2 Å². The number of hydrogen-bond acceptors (Lipinski definition) is 7. The van der Waals surface area contributed by atoms with E-state index in [4.69, 9.17) is 10.5 Å². The molecule has 38 heavy (non-hydrogen) atoms. The van der Waals surface area contributed by atoms with Crippen molar-refractivity contribution < 1.29 is 29.8 Å². The Hall–Kier alpha value is -1.52. The SMILES string of the molecule is CN=C(N)[NH+]1CCC2(CNCCO)CCC3C4(O)C(C(=O)[O-])=C5CC6CCC(CCCCC4OC)C53C62C1. The average molecular weight is 531 g/mol. The summed E-state index contributed by atoms with van der Waals surface area (Å²) in [6.45, 7) is 3.13. The van der Waals surface area contributed by atoms with Crippen molar-refractivity contribution in [3.8, 4) is 0 Å². The predicted molar refractivity (Wildman–Crippen MR) is 140 cm³/mol. The van der Waals surface area contributed by atoms with Gasteiger partial charge in [-0.1, -0.05) is 18.4 Å². The Kier molecular flexibility index (Phi) is 6.51. The van der Waals surface area contributed by atoms with Crippen LogP contribution in [0.25, 0.3) is 0 Å². The van der Waals surface area contributed by atoms with Gasteiger partial charge in [0.2, 0.25) is 0 Å². The number of methoxy groups -OCH3 is 1. The second kappa shape index (κ2) is 9.26. The van der Waals surface area contributed by atoms with Crippen LogP contribution >= 0.6 is 0 Å². The largest absolute Gasteiger partial charge is 0.545 e. The van der Waals surface area contributed by atoms with Crippen molar-refractivity contribution in [1.29, 1.82) is 0 Å². The first-order valence-corrected chi connectivity index (χ1v) is 14.9. The van der Waals surface area contributed by atoms with E-state index in [-0.39, 0.29) is 28.9 Å². The first kappa shape index (κ1) is 26.7. The third-order valence-electron chi connectivity index (χ3n) is 12.5. The molecule has 2 spiro atoms. The standard InChI is InChI=1S/C29H46N4O5/c1-31-25(30)33-13-11-26(16-32-12-14-34)10-9-21-28-18-5-3-4-6-22(38-2)29(21,37)23(24(35)36)20(28)15-19(8-7-18)27(26,28)17-33/h18-19,21-22,32,34,37H,3-17H2,1-2H3,(H2,30,31)(H,35,36). The molecule has 9 nitrogen and oxygen atoms in total. The summed E-state index contributed by atoms with van der Waals surface area (Å²) in [7, 11) is 3.38. The molecule has 6 aliphatic rings. The maximum Gasteiger partial charge on any atom is 0.293 e. The Bertz CT molecular complexity index is 1050. The molecule has 0 aromatic rings. The van der Waals surface area contributed by atoms with E-state index in [2.05, 4.69) is 10.3 Å². The number of carbonyl (C=O) groups is 1. The van der Waals surface area contributed by atoms with Crippen LogP contribution < -0.4 is 21.1 Å². The van der Waals surface area contributed by atoms with Gasteiger partial charge in [0.05, 0.1) is 31.8 Å². The number of allylic oxidation sites excluding steroid dienone is 1. The normalized spacial score (nSPS) is 47.8. The van der Waals surface area contributed by atoms with Crippen molar-refractivity contribution in [1.82, 2.24) is 5.32 Å². The molecule has 0 aromatic carbocycles. The molecule has 4 saturated carbocycles. The highest BCUT2D eigenvalue weighted by atomic mass is 16.5. The number of quaternary nitrogens is 1. The molecule has 5 aliphatic carbocycles. The van der Waals surface area contributed by atoms with Crippen molar-refractivity contribution >= 4 is 11.9 Å². The van der Waals surface area contributed by atoms with Crippen molar-refractivity contribution in [2.45, 2.75) is 75.9 Å². The number of likely N-dealkylation sites (tertiary alicyclic amines) is 1. The number of hydrogen-bond donors (Lipinski definition) is 5. The van der Waals surface area contributed by atoms with Crippen LogP contribution in [-0.4, -0.2) is 80.8 Å². The molecule has 1 heterocycles. The van der Waals surface area contributed by atoms with E-state index in [0.717, 1.165) is 76.6 Å². The summed E-state index contributed by atoms with van der Waals surface area (Å²) >= 11 is 0. The Morgan fingerprint density at radius 1 is 1.21 bits per heavy atom. The molecule has 0 radical (unpaired) electrons. The summed E-state index contributed by atoms with van der Waals surface area (Å²) in [5.41, 5.74) is 5.42. The molecule has 9 unspecified atom stereocenters. The summed E-state index contributed by atoms with van der Waals surface area (Å²) in [5.74, 6) is -0.158. The number of carbonyl (C=O) groups excluding carboxylic acids is 1. The molecule has 0 aromatic heterocycles. The van der Waals surface area contributed by atoms with Crippen LogP contribution in [0.15, 0.2) is 16.1 Å². The predicted octanol–water partition coefficient (Wildman–Crippen LogP) is -1.02. The molecule has 212 valence electrons. The van der Waals surface area contributed by atoms with Gasteiger partial charge >= 0.3 is 0 Å². The summed E-state index contributed by atoms with van der Waals surface area (Å²) < 4.78 is 5.98. The van der Waals surface area contributed by atoms with E-state index in [0.29, 0.717) is 37.2 Å². The molecule has 9 heteroatoms. The Morgan fingerprint density at radius 2 is 1.97 bits per heavy atom. The molecular weight excluding hydrogens is 484 g/mol. The maximum absolute atomic E-state index is 13.1. The zero-order valence-corrected chi connectivity index (χ0v) is 23.1. The number of carboxylic acids is 1. The van der Waals surface area contributed by atoms with Gasteiger partial charge in [0, 0.05) is 61.4 Å². The summed E-state index contributed by atoms with van der Waals surface area (Å²) in [4.78, 5) is 18.7. The lowest BCUT2D eigenvalue weighted by Gasteiger charge is -2.71. The second-order valence-corrected chi connectivity index (χ2v) is 13.2. The van der Waals surface area contributed by atoms with Gasteiger partial charge in [0.15, 0.2) is 0 Å². The lowest BCUT2D eigenvalue weighted by Crippen LogP contribution is -3.19. The number of nitrogens with zero attached hydrogens (tertiary/aromatic N) is 1. The van der Waals surface area contributed by atoms with E-state index in [1.807, 2.05) is 0 Å². The zero-order valence-electron chi connectivity index (χ0n) is 23.1. The minimum absolute atomic E-state index is 0.0693. The fourth-order valence-electron chi connectivity index (χ4n) is 11.7. The minimum Gasteiger partial charge on any atom is -0.545 e. The molecular formula is C29H46N4O5. The summed E-state index contributed by atoms with van der Waals surface area (Å²) in [6.07, 6.45) is 8.66. The van der Waals surface area contributed by atoms with Crippen LogP contribution in [-0.2, 0) is 9.53 Å². The quantitative estimate of drug-likeness (QED) is 0.168. The Labute approximate surface area is 225 Å². The zero-order chi connectivity index (χ0) is 26.9. The Balaban J connectivity index is 1.65. The molecule has 9 atom stereocenters. The third-order valence-corrected chi connectivity index (χ3v) is 12.5. The summed E-state index contributed by atoms with van der Waals surface area (Å²) in [6, 6.07) is 0. The number of aliphatic imine (C=N–C) groups is 1. The number of rotatable bonds is 6. The topological polar surface area (TPSA) is 145 Å². The van der Waals surface area contributed by atoms with Crippen molar-refractivity contribution in [2.75, 3.05) is 46.9 Å². The minimum atomic E-state index is -1.55. The number of carboxylic acid groups (broad SMARTS) is 1. The lowest BCUT2D eigenvalue weighted by atomic mass is 9.34. The molecule has 6 N–H and O–H groups in total. The molecule has 0 amide bonds. The van der Waals surface area contributed by atoms with Gasteiger partial charge in [-0.2, -0.15) is 0 Å². The number of nitrogens with two attached hydrogens (primary N) is 1. The van der Waals surface area contributed by atoms with Crippen molar-refractivity contribution in [2.24, 2.45) is 44.7 Å². The van der Waals surface area contributed by atoms with Crippen molar-refractivity contribution in [3.05, 3.63) is 11.1 Å². The van der Waals surface area contributed by atoms with E-state index < -0.39 is 23.1 Å². The third kappa shape index (κ3) is 3.00. The smallest absolute Gasteiger partial charge is 0.293 e. The summed E-state index contributed by atoms with van der Waals surface area (Å²) in [5, 5.41) is 39.1. The van der Waals surface area contributed by atoms with Crippen LogP contribution in [0.3, 0.4) is 0 Å². The van der Waals surface area contributed by atoms with E-state index in [1.54, 1.807) is 14.2 Å². The number of aliphatic hydroxyl groups is 2. The molecule has 5 fully saturated rings. The first-order chi connectivity index (χ1) is 18.3.